The summed E-state index contributed by atoms with van der Waals surface area (Å²) in [7, 11) is 3.18. The number of amides is 1. The number of carbonyl (C=O) groups excluding carboxylic acids is 1. The van der Waals surface area contributed by atoms with Crippen LogP contribution < -0.4 is 14.9 Å². The van der Waals surface area contributed by atoms with E-state index in [9.17, 15) is 4.79 Å². The van der Waals surface area contributed by atoms with Crippen molar-refractivity contribution in [3.8, 4) is 22.8 Å². The largest absolute Gasteiger partial charge is 0.497 e. The molecule has 2 heterocycles. The van der Waals surface area contributed by atoms with E-state index in [2.05, 4.69) is 15.5 Å². The first-order valence-corrected chi connectivity index (χ1v) is 9.55. The Bertz CT molecular complexity index is 1260. The molecule has 0 bridgehead atoms. The van der Waals surface area contributed by atoms with Crippen LogP contribution in [0.3, 0.4) is 0 Å². The summed E-state index contributed by atoms with van der Waals surface area (Å²) in [4.78, 5) is 21.7. The molecule has 1 amide bonds. The lowest BCUT2D eigenvalue weighted by Crippen LogP contribution is -2.18. The molecule has 0 fully saturated rings. The van der Waals surface area contributed by atoms with E-state index >= 15 is 0 Å². The lowest BCUT2D eigenvalue weighted by Gasteiger charge is -2.12. The lowest BCUT2D eigenvalue weighted by atomic mass is 10.0. The van der Waals surface area contributed by atoms with Gasteiger partial charge in [-0.1, -0.05) is 18.2 Å². The minimum Gasteiger partial charge on any atom is -0.497 e. The molecule has 0 aliphatic rings. The number of para-hydroxylation sites is 1. The van der Waals surface area contributed by atoms with Crippen LogP contribution in [0, 0.1) is 0 Å². The summed E-state index contributed by atoms with van der Waals surface area (Å²) in [6.07, 6.45) is 4.89. The molecule has 0 unspecified atom stereocenters. The number of aromatic nitrogens is 2. The molecule has 0 aliphatic heterocycles. The summed E-state index contributed by atoms with van der Waals surface area (Å²) >= 11 is 0. The average molecular weight is 412 g/mol. The normalized spacial score (nSPS) is 10.9. The number of hydrogen-bond acceptors (Lipinski definition) is 6. The first-order chi connectivity index (χ1) is 15.2. The van der Waals surface area contributed by atoms with Crippen LogP contribution in [0.1, 0.15) is 15.9 Å². The molecule has 4 aromatic rings. The Hall–Kier alpha value is -4.26. The van der Waals surface area contributed by atoms with Crippen LogP contribution >= 0.6 is 0 Å². The predicted molar refractivity (Wildman–Crippen MR) is 120 cm³/mol. The molecule has 2 aromatic carbocycles. The molecule has 7 nitrogen and oxygen atoms in total. The van der Waals surface area contributed by atoms with E-state index in [0.29, 0.717) is 28.3 Å². The van der Waals surface area contributed by atoms with Crippen molar-refractivity contribution in [2.75, 3.05) is 14.2 Å². The Morgan fingerprint density at radius 2 is 1.81 bits per heavy atom. The molecule has 0 spiro atoms. The lowest BCUT2D eigenvalue weighted by molar-refractivity contribution is 0.0956. The number of rotatable bonds is 6. The zero-order valence-corrected chi connectivity index (χ0v) is 17.1. The van der Waals surface area contributed by atoms with Crippen LogP contribution in [0.4, 0.5) is 0 Å². The van der Waals surface area contributed by atoms with E-state index in [1.54, 1.807) is 57.1 Å². The Kier molecular flexibility index (Phi) is 5.84. The summed E-state index contributed by atoms with van der Waals surface area (Å²) in [5, 5.41) is 4.80. The highest BCUT2D eigenvalue weighted by Crippen LogP contribution is 2.34. The molecular formula is C24H20N4O3. The van der Waals surface area contributed by atoms with Gasteiger partial charge in [-0.05, 0) is 42.0 Å². The Balaban J connectivity index is 1.73. The summed E-state index contributed by atoms with van der Waals surface area (Å²) in [5.41, 5.74) is 5.95. The van der Waals surface area contributed by atoms with Crippen molar-refractivity contribution in [3.05, 3.63) is 84.2 Å². The topological polar surface area (TPSA) is 85.7 Å². The molecule has 0 atom stereocenters. The van der Waals surface area contributed by atoms with E-state index < -0.39 is 0 Å². The second kappa shape index (κ2) is 9.04. The number of carbonyl (C=O) groups is 1. The number of ether oxygens (including phenoxy) is 2. The minimum absolute atomic E-state index is 0.336. The van der Waals surface area contributed by atoms with Crippen LogP contribution in [0.15, 0.2) is 78.2 Å². The van der Waals surface area contributed by atoms with Gasteiger partial charge >= 0.3 is 0 Å². The highest BCUT2D eigenvalue weighted by molar-refractivity contribution is 6.07. The van der Waals surface area contributed by atoms with Crippen molar-refractivity contribution in [2.45, 2.75) is 0 Å². The third-order valence-electron chi connectivity index (χ3n) is 4.73. The molecule has 154 valence electrons. The van der Waals surface area contributed by atoms with Gasteiger partial charge in [0.2, 0.25) is 0 Å². The summed E-state index contributed by atoms with van der Waals surface area (Å²) in [6, 6.07) is 18.3. The van der Waals surface area contributed by atoms with E-state index in [0.717, 1.165) is 16.5 Å². The molecular weight excluding hydrogens is 392 g/mol. The van der Waals surface area contributed by atoms with Crippen molar-refractivity contribution >= 4 is 23.0 Å². The van der Waals surface area contributed by atoms with Crippen LogP contribution in [0.2, 0.25) is 0 Å². The monoisotopic (exact) mass is 412 g/mol. The number of fused-ring (bicyclic) bond motifs is 1. The van der Waals surface area contributed by atoms with Crippen molar-refractivity contribution in [1.29, 1.82) is 0 Å². The molecule has 2 aromatic heterocycles. The molecule has 31 heavy (non-hydrogen) atoms. The van der Waals surface area contributed by atoms with E-state index in [4.69, 9.17) is 14.5 Å². The smallest absolute Gasteiger partial charge is 0.272 e. The number of nitrogens with zero attached hydrogens (tertiary/aromatic N) is 3. The Labute approximate surface area is 179 Å². The van der Waals surface area contributed by atoms with Crippen molar-refractivity contribution < 1.29 is 14.3 Å². The summed E-state index contributed by atoms with van der Waals surface area (Å²) < 4.78 is 10.8. The van der Waals surface area contributed by atoms with Crippen LogP contribution in [0.25, 0.3) is 22.2 Å². The van der Waals surface area contributed by atoms with Gasteiger partial charge in [-0.2, -0.15) is 5.10 Å². The fraction of sp³-hybridized carbons (Fsp3) is 0.0833. The molecule has 0 saturated carbocycles. The molecule has 0 radical (unpaired) electrons. The number of nitrogens with one attached hydrogen (secondary N) is 1. The van der Waals surface area contributed by atoms with Gasteiger partial charge in [0.15, 0.2) is 0 Å². The SMILES string of the molecule is COc1ccc(-c2cc(C(=O)NN=Cc3ccncc3)c3ccccc3n2)c(OC)c1. The predicted octanol–water partition coefficient (Wildman–Crippen LogP) is 4.08. The quantitative estimate of drug-likeness (QED) is 0.381. The second-order valence-electron chi connectivity index (χ2n) is 6.62. The number of benzene rings is 2. The Morgan fingerprint density at radius 1 is 1.00 bits per heavy atom. The number of methoxy groups -OCH3 is 2. The molecule has 0 aliphatic carbocycles. The van der Waals surface area contributed by atoms with Gasteiger partial charge in [0, 0.05) is 29.4 Å². The zero-order chi connectivity index (χ0) is 21.6. The fourth-order valence-corrected chi connectivity index (χ4v) is 3.19. The van der Waals surface area contributed by atoms with Crippen LogP contribution in [-0.4, -0.2) is 36.3 Å². The van der Waals surface area contributed by atoms with E-state index in [1.165, 1.54) is 0 Å². The minimum atomic E-state index is -0.336. The van der Waals surface area contributed by atoms with Gasteiger partial charge in [0.1, 0.15) is 11.5 Å². The Morgan fingerprint density at radius 3 is 2.58 bits per heavy atom. The van der Waals surface area contributed by atoms with Gasteiger partial charge in [-0.15, -0.1) is 0 Å². The van der Waals surface area contributed by atoms with Gasteiger partial charge in [0.25, 0.3) is 5.91 Å². The van der Waals surface area contributed by atoms with Gasteiger partial charge in [-0.3, -0.25) is 9.78 Å². The maximum atomic E-state index is 13.0. The average Bonchev–Trinajstić information content (AvgIpc) is 2.83. The van der Waals surface area contributed by atoms with Crippen LogP contribution in [-0.2, 0) is 0 Å². The first kappa shape index (κ1) is 20.0. The number of hydrogen-bond donors (Lipinski definition) is 1. The number of pyridine rings is 2. The van der Waals surface area contributed by atoms with Gasteiger partial charge in [-0.25, -0.2) is 10.4 Å². The van der Waals surface area contributed by atoms with Crippen molar-refractivity contribution in [3.63, 3.8) is 0 Å². The van der Waals surface area contributed by atoms with E-state index in [-0.39, 0.29) is 5.91 Å². The molecule has 4 rings (SSSR count). The highest BCUT2D eigenvalue weighted by Gasteiger charge is 2.16. The summed E-state index contributed by atoms with van der Waals surface area (Å²) in [5.74, 6) is 0.937. The third-order valence-corrected chi connectivity index (χ3v) is 4.73. The molecule has 1 N–H and O–H groups in total. The maximum absolute atomic E-state index is 13.0. The molecule has 7 heteroatoms. The van der Waals surface area contributed by atoms with Gasteiger partial charge < -0.3 is 9.47 Å². The zero-order valence-electron chi connectivity index (χ0n) is 17.1. The van der Waals surface area contributed by atoms with Crippen molar-refractivity contribution in [2.24, 2.45) is 5.10 Å². The van der Waals surface area contributed by atoms with E-state index in [1.807, 2.05) is 36.4 Å². The van der Waals surface area contributed by atoms with Gasteiger partial charge in [0.05, 0.1) is 37.2 Å². The second-order valence-corrected chi connectivity index (χ2v) is 6.62. The molecule has 0 saturated heterocycles. The standard InChI is InChI=1S/C24H20N4O3/c1-30-17-7-8-19(23(13-17)31-2)22-14-20(18-5-3-4-6-21(18)27-22)24(29)28-26-15-16-9-11-25-12-10-16/h3-15H,1-2H3,(H,28,29). The van der Waals surface area contributed by atoms with Crippen molar-refractivity contribution in [1.82, 2.24) is 15.4 Å². The van der Waals surface area contributed by atoms with Crippen LogP contribution in [0.5, 0.6) is 11.5 Å². The fourth-order valence-electron chi connectivity index (χ4n) is 3.19. The highest BCUT2D eigenvalue weighted by atomic mass is 16.5. The maximum Gasteiger partial charge on any atom is 0.272 e. The number of hydrazone groups is 1. The first-order valence-electron chi connectivity index (χ1n) is 9.55. The summed E-state index contributed by atoms with van der Waals surface area (Å²) in [6.45, 7) is 0. The third kappa shape index (κ3) is 4.35.